The van der Waals surface area contributed by atoms with Crippen LogP contribution in [0.5, 0.6) is 0 Å². The number of carbonyl (C=O) groups is 1. The molecule has 2 atom stereocenters. The van der Waals surface area contributed by atoms with Crippen LogP contribution in [0.4, 0.5) is 8.78 Å². The summed E-state index contributed by atoms with van der Waals surface area (Å²) in [4.78, 5) is 10.3. The van der Waals surface area contributed by atoms with E-state index in [4.69, 9.17) is 5.11 Å². The average Bonchev–Trinajstić information content (AvgIpc) is 2.51. The lowest BCUT2D eigenvalue weighted by Gasteiger charge is -2.18. The van der Waals surface area contributed by atoms with Gasteiger partial charge in [0.1, 0.15) is 6.10 Å². The van der Waals surface area contributed by atoms with Crippen LogP contribution in [0.1, 0.15) is 63.0 Å². The molecule has 0 aliphatic carbocycles. The summed E-state index contributed by atoms with van der Waals surface area (Å²) in [5, 5.41) is 28.3. The SMILES string of the molecule is O=C(O)CCCCCCCC[C@H](O)[C@H](O)c1ccc(F)c(F)c1. The molecule has 0 saturated heterocycles. The first-order valence-corrected chi connectivity index (χ1v) is 7.94. The van der Waals surface area contributed by atoms with Crippen molar-refractivity contribution >= 4 is 5.97 Å². The number of hydrogen-bond acceptors (Lipinski definition) is 3. The predicted octanol–water partition coefficient (Wildman–Crippen LogP) is 3.56. The first kappa shape index (κ1) is 19.5. The van der Waals surface area contributed by atoms with Crippen molar-refractivity contribution in [3.63, 3.8) is 0 Å². The third-order valence-corrected chi connectivity index (χ3v) is 3.79. The van der Waals surface area contributed by atoms with Crippen LogP contribution in [0.3, 0.4) is 0 Å². The Morgan fingerprint density at radius 1 is 0.957 bits per heavy atom. The monoisotopic (exact) mass is 330 g/mol. The molecule has 0 radical (unpaired) electrons. The lowest BCUT2D eigenvalue weighted by molar-refractivity contribution is -0.137. The predicted molar refractivity (Wildman–Crippen MR) is 81.9 cm³/mol. The smallest absolute Gasteiger partial charge is 0.303 e. The number of aliphatic carboxylic acids is 1. The maximum Gasteiger partial charge on any atom is 0.303 e. The zero-order valence-electron chi connectivity index (χ0n) is 13.0. The topological polar surface area (TPSA) is 77.8 Å². The van der Waals surface area contributed by atoms with Gasteiger partial charge in [0.05, 0.1) is 6.10 Å². The minimum absolute atomic E-state index is 0.157. The Morgan fingerprint density at radius 2 is 1.57 bits per heavy atom. The molecule has 0 spiro atoms. The van der Waals surface area contributed by atoms with Gasteiger partial charge in [-0.2, -0.15) is 0 Å². The molecule has 23 heavy (non-hydrogen) atoms. The number of halogens is 2. The summed E-state index contributed by atoms with van der Waals surface area (Å²) in [6.45, 7) is 0. The number of aliphatic hydroxyl groups is 2. The van der Waals surface area contributed by atoms with Crippen LogP contribution in [0.25, 0.3) is 0 Å². The fourth-order valence-electron chi connectivity index (χ4n) is 2.41. The summed E-state index contributed by atoms with van der Waals surface area (Å²) < 4.78 is 25.9. The molecule has 0 unspecified atom stereocenters. The molecule has 1 aromatic rings. The molecule has 0 saturated carbocycles. The van der Waals surface area contributed by atoms with Gasteiger partial charge >= 0.3 is 5.97 Å². The van der Waals surface area contributed by atoms with Gasteiger partial charge < -0.3 is 15.3 Å². The largest absolute Gasteiger partial charge is 0.481 e. The Labute approximate surface area is 134 Å². The first-order chi connectivity index (χ1) is 10.9. The van der Waals surface area contributed by atoms with Crippen LogP contribution >= 0.6 is 0 Å². The number of benzene rings is 1. The third-order valence-electron chi connectivity index (χ3n) is 3.79. The molecule has 130 valence electrons. The van der Waals surface area contributed by atoms with Crippen molar-refractivity contribution in [2.45, 2.75) is 63.6 Å². The van der Waals surface area contributed by atoms with E-state index >= 15 is 0 Å². The van der Waals surface area contributed by atoms with Gasteiger partial charge in [-0.1, -0.05) is 38.2 Å². The standard InChI is InChI=1S/C17H24F2O4/c18-13-10-9-12(11-14(13)19)17(23)15(20)7-5-3-1-2-4-6-8-16(21)22/h9-11,15,17,20,23H,1-8H2,(H,21,22)/t15-,17+/m0/s1. The number of unbranched alkanes of at least 4 members (excludes halogenated alkanes) is 5. The molecule has 1 rings (SSSR count). The van der Waals surface area contributed by atoms with Crippen molar-refractivity contribution in [2.24, 2.45) is 0 Å². The molecule has 0 bridgehead atoms. The molecule has 0 aromatic heterocycles. The van der Waals surface area contributed by atoms with E-state index in [0.717, 1.165) is 37.8 Å². The normalized spacial score (nSPS) is 13.7. The molecule has 1 aromatic carbocycles. The van der Waals surface area contributed by atoms with Crippen LogP contribution < -0.4 is 0 Å². The Morgan fingerprint density at radius 3 is 2.17 bits per heavy atom. The summed E-state index contributed by atoms with van der Waals surface area (Å²) >= 11 is 0. The van der Waals surface area contributed by atoms with Gasteiger partial charge in [0, 0.05) is 6.42 Å². The van der Waals surface area contributed by atoms with Gasteiger partial charge in [-0.15, -0.1) is 0 Å². The number of aliphatic hydroxyl groups excluding tert-OH is 2. The molecule has 0 fully saturated rings. The van der Waals surface area contributed by atoms with Crippen LogP contribution in [0.2, 0.25) is 0 Å². The van der Waals surface area contributed by atoms with E-state index in [2.05, 4.69) is 0 Å². The fourth-order valence-corrected chi connectivity index (χ4v) is 2.41. The van der Waals surface area contributed by atoms with Crippen molar-refractivity contribution < 1.29 is 28.9 Å². The van der Waals surface area contributed by atoms with Crippen molar-refractivity contribution in [1.82, 2.24) is 0 Å². The molecular weight excluding hydrogens is 306 g/mol. The zero-order chi connectivity index (χ0) is 17.2. The summed E-state index contributed by atoms with van der Waals surface area (Å²) in [6.07, 6.45) is 3.30. The highest BCUT2D eigenvalue weighted by molar-refractivity contribution is 5.66. The van der Waals surface area contributed by atoms with Crippen molar-refractivity contribution in [3.8, 4) is 0 Å². The van der Waals surface area contributed by atoms with Crippen molar-refractivity contribution in [2.75, 3.05) is 0 Å². The Balaban J connectivity index is 2.19. The van der Waals surface area contributed by atoms with Crippen molar-refractivity contribution in [1.29, 1.82) is 0 Å². The number of rotatable bonds is 11. The second-order valence-corrected chi connectivity index (χ2v) is 5.74. The van der Waals surface area contributed by atoms with Gasteiger partial charge in [0.2, 0.25) is 0 Å². The van der Waals surface area contributed by atoms with Gasteiger partial charge in [0.25, 0.3) is 0 Å². The van der Waals surface area contributed by atoms with Crippen LogP contribution in [-0.2, 0) is 4.79 Å². The van der Waals surface area contributed by atoms with E-state index in [1.165, 1.54) is 6.07 Å². The third kappa shape index (κ3) is 7.52. The van der Waals surface area contributed by atoms with E-state index in [9.17, 15) is 23.8 Å². The maximum absolute atomic E-state index is 13.1. The fraction of sp³-hybridized carbons (Fsp3) is 0.588. The molecular formula is C17H24F2O4. The molecule has 4 nitrogen and oxygen atoms in total. The Kier molecular flexibility index (Phi) is 8.73. The number of hydrogen-bond donors (Lipinski definition) is 3. The van der Waals surface area contributed by atoms with Gasteiger partial charge in [-0.3, -0.25) is 4.79 Å². The number of carboxylic acid groups (broad SMARTS) is 1. The van der Waals surface area contributed by atoms with Gasteiger partial charge in [-0.25, -0.2) is 8.78 Å². The summed E-state index contributed by atoms with van der Waals surface area (Å²) in [6, 6.07) is 3.08. The van der Waals surface area contributed by atoms with Gasteiger partial charge in [-0.05, 0) is 30.5 Å². The van der Waals surface area contributed by atoms with Crippen LogP contribution in [-0.4, -0.2) is 27.4 Å². The minimum atomic E-state index is -1.24. The Bertz CT molecular complexity index is 493. The van der Waals surface area contributed by atoms with Crippen molar-refractivity contribution in [3.05, 3.63) is 35.4 Å². The van der Waals surface area contributed by atoms with Gasteiger partial charge in [0.15, 0.2) is 11.6 Å². The molecule has 3 N–H and O–H groups in total. The summed E-state index contributed by atoms with van der Waals surface area (Å²) in [7, 11) is 0. The average molecular weight is 330 g/mol. The lowest BCUT2D eigenvalue weighted by atomic mass is 9.99. The van der Waals surface area contributed by atoms with Crippen LogP contribution in [0.15, 0.2) is 18.2 Å². The molecule has 6 heteroatoms. The van der Waals surface area contributed by atoms with E-state index in [1.807, 2.05) is 0 Å². The minimum Gasteiger partial charge on any atom is -0.481 e. The quantitative estimate of drug-likeness (QED) is 0.542. The molecule has 0 aliphatic heterocycles. The van der Waals surface area contributed by atoms with E-state index < -0.39 is 29.8 Å². The molecule has 0 amide bonds. The van der Waals surface area contributed by atoms with E-state index in [1.54, 1.807) is 0 Å². The first-order valence-electron chi connectivity index (χ1n) is 7.94. The Hall–Kier alpha value is -1.53. The summed E-state index contributed by atoms with van der Waals surface area (Å²) in [5.74, 6) is -2.81. The zero-order valence-corrected chi connectivity index (χ0v) is 13.0. The molecule has 0 heterocycles. The lowest BCUT2D eigenvalue weighted by Crippen LogP contribution is -2.18. The maximum atomic E-state index is 13.1. The van der Waals surface area contributed by atoms with E-state index in [-0.39, 0.29) is 12.0 Å². The molecule has 0 aliphatic rings. The highest BCUT2D eigenvalue weighted by Gasteiger charge is 2.19. The number of carboxylic acids is 1. The van der Waals surface area contributed by atoms with E-state index in [0.29, 0.717) is 19.3 Å². The second-order valence-electron chi connectivity index (χ2n) is 5.74. The second kappa shape index (κ2) is 10.3. The van der Waals surface area contributed by atoms with Crippen LogP contribution in [0, 0.1) is 11.6 Å². The summed E-state index contributed by atoms with van der Waals surface area (Å²) in [5.41, 5.74) is 0.157. The highest BCUT2D eigenvalue weighted by Crippen LogP contribution is 2.22. The highest BCUT2D eigenvalue weighted by atomic mass is 19.2.